The molecule has 0 unspecified atom stereocenters. The van der Waals surface area contributed by atoms with Gasteiger partial charge >= 0.3 is 11.9 Å². The molecular weight excluding hydrogens is 741 g/mol. The van der Waals surface area contributed by atoms with Gasteiger partial charge in [-0.2, -0.15) is 0 Å². The number of nitrogen functional groups attached to an aromatic ring is 1. The van der Waals surface area contributed by atoms with Crippen molar-refractivity contribution in [2.45, 2.75) is 42.9 Å². The van der Waals surface area contributed by atoms with Gasteiger partial charge in [-0.05, 0) is 66.4 Å². The molecule has 0 saturated heterocycles. The third kappa shape index (κ3) is 11.1. The second-order valence-corrected chi connectivity index (χ2v) is 16.0. The average Bonchev–Trinajstić information content (AvgIpc) is 3.93. The summed E-state index contributed by atoms with van der Waals surface area (Å²) in [4.78, 5) is 44.8. The number of aromatic nitrogens is 2. The monoisotopic (exact) mass is 778 g/mol. The standard InChI is InChI=1S/C26H28N2O6S2.C11H10N2O3S/c1-33-25(30)19-8-5-9-20(15-19)34-23-16-27-26(35-23)28-24(29)22(14-17-6-3-4-7-17)18-10-12-21(13-11-18)36(2,31)32;1-15-10(14)7-3-2-4-8(5-7)16-9-6-13-11(12)17-9/h5,8-13,15-17,22H,3-4,6-7,14H2,1-2H3,(H,27,28,29);2-6H,1H3,(H2,12,13)/t22-;/m1./s1. The maximum absolute atomic E-state index is 13.3. The number of carbonyl (C=O) groups excluding carboxylic acids is 3. The number of rotatable bonds is 12. The minimum Gasteiger partial charge on any atom is -0.465 e. The molecule has 0 radical (unpaired) electrons. The number of esters is 2. The number of carbonyl (C=O) groups is 3. The maximum Gasteiger partial charge on any atom is 0.337 e. The molecule has 5 aromatic rings. The van der Waals surface area contributed by atoms with E-state index in [0.717, 1.165) is 31.2 Å². The molecule has 13 nitrogen and oxygen atoms in total. The molecule has 0 aliphatic heterocycles. The van der Waals surface area contributed by atoms with E-state index in [0.29, 0.717) is 55.4 Å². The van der Waals surface area contributed by atoms with Crippen LogP contribution in [0.2, 0.25) is 0 Å². The van der Waals surface area contributed by atoms with Crippen molar-refractivity contribution in [3.8, 4) is 21.6 Å². The van der Waals surface area contributed by atoms with Gasteiger partial charge in [-0.3, -0.25) is 4.79 Å². The minimum atomic E-state index is -3.32. The number of sulfone groups is 1. The van der Waals surface area contributed by atoms with Crippen molar-refractivity contribution in [2.75, 3.05) is 31.5 Å². The average molecular weight is 779 g/mol. The summed E-state index contributed by atoms with van der Waals surface area (Å²) in [5, 5.41) is 4.76. The molecular formula is C37H38N4O9S3. The molecule has 1 amide bonds. The molecule has 2 heterocycles. The number of nitrogens with one attached hydrogen (secondary N) is 1. The van der Waals surface area contributed by atoms with Gasteiger partial charge in [0.15, 0.2) is 20.1 Å². The first-order valence-electron chi connectivity index (χ1n) is 16.4. The number of thiazole rings is 2. The molecule has 1 fully saturated rings. The van der Waals surface area contributed by atoms with Crippen LogP contribution in [0.5, 0.6) is 21.6 Å². The van der Waals surface area contributed by atoms with Crippen molar-refractivity contribution < 1.29 is 41.7 Å². The Hall–Kier alpha value is -5.32. The summed E-state index contributed by atoms with van der Waals surface area (Å²) in [6.45, 7) is 0. The summed E-state index contributed by atoms with van der Waals surface area (Å²) in [6.07, 6.45) is 9.41. The van der Waals surface area contributed by atoms with Crippen molar-refractivity contribution >= 4 is 60.6 Å². The fraction of sp³-hybridized carbons (Fsp3) is 0.270. The Labute approximate surface area is 315 Å². The van der Waals surface area contributed by atoms with E-state index in [1.807, 2.05) is 0 Å². The summed E-state index contributed by atoms with van der Waals surface area (Å²) in [5.41, 5.74) is 7.06. The molecule has 3 aromatic carbocycles. The first kappa shape index (κ1) is 38.9. The number of benzene rings is 3. The van der Waals surface area contributed by atoms with Crippen LogP contribution < -0.4 is 20.5 Å². The van der Waals surface area contributed by atoms with Gasteiger partial charge in [0.1, 0.15) is 11.5 Å². The van der Waals surface area contributed by atoms with Crippen LogP contribution in [0.25, 0.3) is 0 Å². The number of anilines is 2. The predicted molar refractivity (Wildman–Crippen MR) is 202 cm³/mol. The molecule has 6 rings (SSSR count). The second-order valence-electron chi connectivity index (χ2n) is 12.0. The Bertz CT molecular complexity index is 2140. The zero-order valence-electron chi connectivity index (χ0n) is 29.1. The lowest BCUT2D eigenvalue weighted by Crippen LogP contribution is -2.23. The molecule has 2 aromatic heterocycles. The van der Waals surface area contributed by atoms with Gasteiger partial charge in [0.25, 0.3) is 0 Å². The van der Waals surface area contributed by atoms with Gasteiger partial charge in [-0.1, -0.05) is 72.6 Å². The third-order valence-corrected chi connectivity index (χ3v) is 10.9. The molecule has 1 saturated carbocycles. The highest BCUT2D eigenvalue weighted by Gasteiger charge is 2.28. The van der Waals surface area contributed by atoms with E-state index in [-0.39, 0.29) is 10.8 Å². The number of methoxy groups -OCH3 is 2. The summed E-state index contributed by atoms with van der Waals surface area (Å²) in [6, 6.07) is 19.9. The summed E-state index contributed by atoms with van der Waals surface area (Å²) in [7, 11) is -0.671. The summed E-state index contributed by atoms with van der Waals surface area (Å²) < 4.78 is 44.4. The third-order valence-electron chi connectivity index (χ3n) is 8.24. The predicted octanol–water partition coefficient (Wildman–Crippen LogP) is 7.73. The van der Waals surface area contributed by atoms with Crippen LogP contribution in [-0.2, 0) is 24.1 Å². The van der Waals surface area contributed by atoms with Gasteiger partial charge in [-0.15, -0.1) is 0 Å². The highest BCUT2D eigenvalue weighted by atomic mass is 32.2. The number of hydrogen-bond acceptors (Lipinski definition) is 14. The van der Waals surface area contributed by atoms with E-state index in [9.17, 15) is 22.8 Å². The Morgan fingerprint density at radius 3 is 1.89 bits per heavy atom. The minimum absolute atomic E-state index is 0.192. The van der Waals surface area contributed by atoms with E-state index < -0.39 is 27.7 Å². The first-order chi connectivity index (χ1) is 25.4. The van der Waals surface area contributed by atoms with Gasteiger partial charge in [-0.25, -0.2) is 28.0 Å². The number of amides is 1. The Balaban J connectivity index is 0.000000265. The van der Waals surface area contributed by atoms with Gasteiger partial charge in [0.05, 0.1) is 48.6 Å². The fourth-order valence-electron chi connectivity index (χ4n) is 5.64. The molecule has 1 aliphatic rings. The second kappa shape index (κ2) is 17.9. The van der Waals surface area contributed by atoms with Crippen LogP contribution in [-0.4, -0.2) is 56.7 Å². The van der Waals surface area contributed by atoms with Crippen molar-refractivity contribution in [3.05, 3.63) is 102 Å². The molecule has 53 heavy (non-hydrogen) atoms. The van der Waals surface area contributed by atoms with Crippen LogP contribution in [0.15, 0.2) is 90.1 Å². The van der Waals surface area contributed by atoms with E-state index >= 15 is 0 Å². The van der Waals surface area contributed by atoms with Crippen molar-refractivity contribution in [2.24, 2.45) is 5.92 Å². The molecule has 16 heteroatoms. The topological polar surface area (TPSA) is 186 Å². The number of hydrogen-bond donors (Lipinski definition) is 2. The zero-order chi connectivity index (χ0) is 38.0. The van der Waals surface area contributed by atoms with E-state index in [4.69, 9.17) is 19.9 Å². The number of nitrogens with two attached hydrogens (primary N) is 1. The number of nitrogens with zero attached hydrogens (tertiary/aromatic N) is 2. The van der Waals surface area contributed by atoms with E-state index in [1.54, 1.807) is 72.8 Å². The Kier molecular flexibility index (Phi) is 13.2. The highest BCUT2D eigenvalue weighted by molar-refractivity contribution is 7.90. The lowest BCUT2D eigenvalue weighted by Gasteiger charge is -2.20. The Morgan fingerprint density at radius 1 is 0.830 bits per heavy atom. The molecule has 278 valence electrons. The fourth-order valence-corrected chi connectivity index (χ4v) is 7.51. The van der Waals surface area contributed by atoms with Crippen LogP contribution in [0, 0.1) is 5.92 Å². The highest BCUT2D eigenvalue weighted by Crippen LogP contribution is 2.37. The van der Waals surface area contributed by atoms with Crippen molar-refractivity contribution in [3.63, 3.8) is 0 Å². The smallest absolute Gasteiger partial charge is 0.337 e. The van der Waals surface area contributed by atoms with E-state index in [1.165, 1.54) is 55.5 Å². The normalized spacial score (nSPS) is 13.3. The quantitative estimate of drug-likeness (QED) is 0.118. The van der Waals surface area contributed by atoms with E-state index in [2.05, 4.69) is 20.0 Å². The maximum atomic E-state index is 13.3. The molecule has 0 bridgehead atoms. The lowest BCUT2D eigenvalue weighted by atomic mass is 9.87. The molecule has 1 atom stereocenters. The van der Waals surface area contributed by atoms with Crippen LogP contribution in [0.1, 0.15) is 64.3 Å². The van der Waals surface area contributed by atoms with Crippen molar-refractivity contribution in [1.29, 1.82) is 0 Å². The van der Waals surface area contributed by atoms with Crippen LogP contribution in [0.3, 0.4) is 0 Å². The first-order valence-corrected chi connectivity index (χ1v) is 19.9. The van der Waals surface area contributed by atoms with Gasteiger partial charge in [0.2, 0.25) is 16.0 Å². The number of ether oxygens (including phenoxy) is 4. The molecule has 1 aliphatic carbocycles. The SMILES string of the molecule is COC(=O)c1cccc(Oc2cnc(N)s2)c1.COC(=O)c1cccc(Oc2cnc(NC(=O)[C@H](CC3CCCC3)c3ccc(S(C)(=O)=O)cc3)s2)c1. The summed E-state index contributed by atoms with van der Waals surface area (Å²) >= 11 is 2.41. The largest absolute Gasteiger partial charge is 0.465 e. The lowest BCUT2D eigenvalue weighted by molar-refractivity contribution is -0.118. The van der Waals surface area contributed by atoms with Gasteiger partial charge < -0.3 is 30.0 Å². The van der Waals surface area contributed by atoms with Gasteiger partial charge in [0, 0.05) is 6.26 Å². The zero-order valence-corrected chi connectivity index (χ0v) is 31.6. The Morgan fingerprint density at radius 2 is 1.38 bits per heavy atom. The molecule has 3 N–H and O–H groups in total. The van der Waals surface area contributed by atoms with Crippen LogP contribution in [0.4, 0.5) is 10.3 Å². The summed E-state index contributed by atoms with van der Waals surface area (Å²) in [5.74, 6) is -0.0437. The molecule has 0 spiro atoms. The van der Waals surface area contributed by atoms with Crippen molar-refractivity contribution in [1.82, 2.24) is 9.97 Å². The van der Waals surface area contributed by atoms with Crippen LogP contribution >= 0.6 is 22.7 Å².